The van der Waals surface area contributed by atoms with Gasteiger partial charge < -0.3 is 10.1 Å². The van der Waals surface area contributed by atoms with Crippen LogP contribution in [0.5, 0.6) is 5.75 Å². The molecule has 2 aromatic carbocycles. The molecule has 0 aliphatic carbocycles. The Morgan fingerprint density at radius 3 is 2.65 bits per heavy atom. The van der Waals surface area contributed by atoms with Gasteiger partial charge in [0.15, 0.2) is 0 Å². The van der Waals surface area contributed by atoms with E-state index in [1.165, 1.54) is 0 Å². The van der Waals surface area contributed by atoms with E-state index in [0.717, 1.165) is 22.1 Å². The van der Waals surface area contributed by atoms with Crippen molar-refractivity contribution >= 4 is 16.7 Å². The number of carbonyl (C=O) groups is 1. The molecule has 23 heavy (non-hydrogen) atoms. The Labute approximate surface area is 135 Å². The molecule has 0 atom stereocenters. The quantitative estimate of drug-likeness (QED) is 0.712. The number of ether oxygens (including phenoxy) is 1. The molecule has 0 fully saturated rings. The van der Waals surface area contributed by atoms with E-state index in [2.05, 4.69) is 22.4 Å². The van der Waals surface area contributed by atoms with Gasteiger partial charge in [0.05, 0.1) is 13.0 Å². The molecule has 1 N–H and O–H groups in total. The summed E-state index contributed by atoms with van der Waals surface area (Å²) >= 11 is 0. The molecule has 0 bridgehead atoms. The monoisotopic (exact) mass is 306 g/mol. The minimum absolute atomic E-state index is 0.0160. The minimum atomic E-state index is -0.0160. The van der Waals surface area contributed by atoms with Crippen LogP contribution in [0.15, 0.2) is 67.0 Å². The topological polar surface area (TPSA) is 51.2 Å². The molecule has 3 aromatic rings. The Morgan fingerprint density at radius 2 is 1.78 bits per heavy atom. The van der Waals surface area contributed by atoms with Crippen LogP contribution in [0.4, 0.5) is 0 Å². The molecule has 0 aliphatic rings. The summed E-state index contributed by atoms with van der Waals surface area (Å²) in [4.78, 5) is 15.8. The van der Waals surface area contributed by atoms with Gasteiger partial charge in [0.25, 0.3) is 0 Å². The number of fused-ring (bicyclic) bond motifs is 1. The predicted molar refractivity (Wildman–Crippen MR) is 90.4 cm³/mol. The molecular weight excluding hydrogens is 288 g/mol. The summed E-state index contributed by atoms with van der Waals surface area (Å²) in [5, 5.41) is 5.09. The normalized spacial score (nSPS) is 10.4. The van der Waals surface area contributed by atoms with E-state index in [-0.39, 0.29) is 5.91 Å². The zero-order valence-corrected chi connectivity index (χ0v) is 12.7. The maximum atomic E-state index is 11.8. The van der Waals surface area contributed by atoms with Gasteiger partial charge in [-0.15, -0.1) is 0 Å². The second-order valence-corrected chi connectivity index (χ2v) is 5.21. The minimum Gasteiger partial charge on any atom is -0.491 e. The summed E-state index contributed by atoms with van der Waals surface area (Å²) in [7, 11) is 0. The van der Waals surface area contributed by atoms with Crippen molar-refractivity contribution in [3.63, 3.8) is 0 Å². The molecular formula is C19H18N2O2. The lowest BCUT2D eigenvalue weighted by Crippen LogP contribution is -2.29. The SMILES string of the molecule is O=C(Cc1ccncc1)NCCOc1cccc2ccccc12. The number of carbonyl (C=O) groups excluding carboxylic acids is 1. The Bertz CT molecular complexity index is 782. The number of benzene rings is 2. The van der Waals surface area contributed by atoms with Crippen LogP contribution in [0.2, 0.25) is 0 Å². The van der Waals surface area contributed by atoms with Crippen molar-refractivity contribution in [1.29, 1.82) is 0 Å². The highest BCUT2D eigenvalue weighted by Gasteiger charge is 2.04. The molecule has 0 radical (unpaired) electrons. The molecule has 0 spiro atoms. The van der Waals surface area contributed by atoms with Crippen LogP contribution in [-0.4, -0.2) is 24.0 Å². The summed E-state index contributed by atoms with van der Waals surface area (Å²) in [6, 6.07) is 17.7. The first-order chi connectivity index (χ1) is 11.3. The Hall–Kier alpha value is -2.88. The second-order valence-electron chi connectivity index (χ2n) is 5.21. The van der Waals surface area contributed by atoms with E-state index in [1.807, 2.05) is 42.5 Å². The van der Waals surface area contributed by atoms with E-state index in [1.54, 1.807) is 12.4 Å². The fourth-order valence-corrected chi connectivity index (χ4v) is 2.42. The Kier molecular flexibility index (Phi) is 4.84. The number of hydrogen-bond acceptors (Lipinski definition) is 3. The predicted octanol–water partition coefficient (Wildman–Crippen LogP) is 2.97. The highest BCUT2D eigenvalue weighted by atomic mass is 16.5. The number of pyridine rings is 1. The Balaban J connectivity index is 1.49. The first-order valence-electron chi connectivity index (χ1n) is 7.59. The number of nitrogens with one attached hydrogen (secondary N) is 1. The van der Waals surface area contributed by atoms with Crippen LogP contribution in [0.25, 0.3) is 10.8 Å². The maximum absolute atomic E-state index is 11.8. The van der Waals surface area contributed by atoms with Crippen molar-refractivity contribution in [2.75, 3.05) is 13.2 Å². The second kappa shape index (κ2) is 7.40. The van der Waals surface area contributed by atoms with E-state index < -0.39 is 0 Å². The van der Waals surface area contributed by atoms with Gasteiger partial charge in [-0.25, -0.2) is 0 Å². The summed E-state index contributed by atoms with van der Waals surface area (Å²) in [6.07, 6.45) is 3.73. The molecule has 0 unspecified atom stereocenters. The molecule has 0 saturated carbocycles. The third-order valence-corrected chi connectivity index (χ3v) is 3.55. The number of aromatic nitrogens is 1. The Morgan fingerprint density at radius 1 is 1.00 bits per heavy atom. The van der Waals surface area contributed by atoms with Crippen molar-refractivity contribution in [3.05, 3.63) is 72.6 Å². The molecule has 0 saturated heterocycles. The largest absolute Gasteiger partial charge is 0.491 e. The van der Waals surface area contributed by atoms with Crippen LogP contribution in [0.1, 0.15) is 5.56 Å². The fraction of sp³-hybridized carbons (Fsp3) is 0.158. The van der Waals surface area contributed by atoms with Crippen LogP contribution >= 0.6 is 0 Å². The number of nitrogens with zero attached hydrogens (tertiary/aromatic N) is 1. The van der Waals surface area contributed by atoms with E-state index in [0.29, 0.717) is 19.6 Å². The maximum Gasteiger partial charge on any atom is 0.224 e. The molecule has 4 nitrogen and oxygen atoms in total. The number of amides is 1. The standard InChI is InChI=1S/C19H18N2O2/c22-19(14-15-8-10-20-11-9-15)21-12-13-23-18-7-3-5-16-4-1-2-6-17(16)18/h1-11H,12-14H2,(H,21,22). The zero-order valence-electron chi connectivity index (χ0n) is 12.7. The van der Waals surface area contributed by atoms with Crippen molar-refractivity contribution in [2.45, 2.75) is 6.42 Å². The summed E-state index contributed by atoms with van der Waals surface area (Å²) in [5.74, 6) is 0.823. The lowest BCUT2D eigenvalue weighted by atomic mass is 10.1. The highest BCUT2D eigenvalue weighted by molar-refractivity contribution is 5.88. The zero-order chi connectivity index (χ0) is 15.9. The van der Waals surface area contributed by atoms with Crippen LogP contribution in [0, 0.1) is 0 Å². The summed E-state index contributed by atoms with van der Waals surface area (Å²) < 4.78 is 5.80. The molecule has 1 aromatic heterocycles. The average Bonchev–Trinajstić information content (AvgIpc) is 2.60. The van der Waals surface area contributed by atoms with Crippen molar-refractivity contribution in [2.24, 2.45) is 0 Å². The van der Waals surface area contributed by atoms with E-state index in [4.69, 9.17) is 4.74 Å². The van der Waals surface area contributed by atoms with E-state index >= 15 is 0 Å². The van der Waals surface area contributed by atoms with E-state index in [9.17, 15) is 4.79 Å². The van der Waals surface area contributed by atoms with Crippen molar-refractivity contribution in [1.82, 2.24) is 10.3 Å². The third-order valence-electron chi connectivity index (χ3n) is 3.55. The molecule has 3 rings (SSSR count). The molecule has 4 heteroatoms. The van der Waals surface area contributed by atoms with Crippen LogP contribution < -0.4 is 10.1 Å². The molecule has 1 heterocycles. The first kappa shape index (κ1) is 15.0. The molecule has 1 amide bonds. The van der Waals surface area contributed by atoms with Gasteiger partial charge in [0, 0.05) is 17.8 Å². The smallest absolute Gasteiger partial charge is 0.224 e. The third kappa shape index (κ3) is 4.07. The van der Waals surface area contributed by atoms with Gasteiger partial charge in [0.1, 0.15) is 12.4 Å². The molecule has 116 valence electrons. The van der Waals surface area contributed by atoms with Crippen molar-refractivity contribution < 1.29 is 9.53 Å². The first-order valence-corrected chi connectivity index (χ1v) is 7.59. The molecule has 0 aliphatic heterocycles. The number of rotatable bonds is 6. The summed E-state index contributed by atoms with van der Waals surface area (Å²) in [5.41, 5.74) is 0.951. The van der Waals surface area contributed by atoms with Crippen LogP contribution in [-0.2, 0) is 11.2 Å². The lowest BCUT2D eigenvalue weighted by Gasteiger charge is -2.10. The van der Waals surface area contributed by atoms with Gasteiger partial charge in [-0.05, 0) is 29.1 Å². The van der Waals surface area contributed by atoms with Gasteiger partial charge in [0.2, 0.25) is 5.91 Å². The lowest BCUT2D eigenvalue weighted by molar-refractivity contribution is -0.120. The number of hydrogen-bond donors (Lipinski definition) is 1. The highest BCUT2D eigenvalue weighted by Crippen LogP contribution is 2.24. The van der Waals surface area contributed by atoms with Crippen LogP contribution in [0.3, 0.4) is 0 Å². The van der Waals surface area contributed by atoms with Gasteiger partial charge >= 0.3 is 0 Å². The fourth-order valence-electron chi connectivity index (χ4n) is 2.42. The van der Waals surface area contributed by atoms with Crippen molar-refractivity contribution in [3.8, 4) is 5.75 Å². The average molecular weight is 306 g/mol. The van der Waals surface area contributed by atoms with Gasteiger partial charge in [-0.2, -0.15) is 0 Å². The summed E-state index contributed by atoms with van der Waals surface area (Å²) in [6.45, 7) is 0.920. The van der Waals surface area contributed by atoms with Gasteiger partial charge in [-0.1, -0.05) is 36.4 Å². The van der Waals surface area contributed by atoms with Gasteiger partial charge in [-0.3, -0.25) is 9.78 Å².